The van der Waals surface area contributed by atoms with Gasteiger partial charge >= 0.3 is 0 Å². The Labute approximate surface area is 237 Å². The highest BCUT2D eigenvalue weighted by atomic mass is 35.5. The monoisotopic (exact) mass is 565 g/mol. The summed E-state index contributed by atoms with van der Waals surface area (Å²) in [7, 11) is 0. The summed E-state index contributed by atoms with van der Waals surface area (Å²) in [5, 5.41) is 6.71. The molecule has 0 spiro atoms. The van der Waals surface area contributed by atoms with E-state index in [1.54, 1.807) is 53.6 Å². The maximum absolute atomic E-state index is 13.1. The van der Waals surface area contributed by atoms with Crippen molar-refractivity contribution in [2.75, 3.05) is 37.6 Å². The molecule has 0 radical (unpaired) electrons. The van der Waals surface area contributed by atoms with Crippen molar-refractivity contribution in [1.29, 1.82) is 0 Å². The van der Waals surface area contributed by atoms with Crippen molar-refractivity contribution in [2.45, 2.75) is 12.5 Å². The number of rotatable bonds is 9. The van der Waals surface area contributed by atoms with E-state index >= 15 is 0 Å². The van der Waals surface area contributed by atoms with Crippen molar-refractivity contribution >= 4 is 52.7 Å². The molecule has 3 amide bonds. The summed E-state index contributed by atoms with van der Waals surface area (Å²) >= 11 is 11.9. The zero-order chi connectivity index (χ0) is 27.6. The second-order valence-electron chi connectivity index (χ2n) is 9.03. The number of carbonyl (C=O) groups is 3. The van der Waals surface area contributed by atoms with Crippen LogP contribution >= 0.6 is 23.2 Å². The van der Waals surface area contributed by atoms with Gasteiger partial charge in [0.25, 0.3) is 0 Å². The van der Waals surface area contributed by atoms with Crippen LogP contribution in [0.25, 0.3) is 6.08 Å². The van der Waals surface area contributed by atoms with E-state index in [1.807, 2.05) is 30.3 Å². The SMILES string of the molecule is O=C(/C=C/c1ccc(Cl)cc1)N[C@@H](Cc1ccccn1)C(=O)NCC(=O)N1CCN(c2ccc(Cl)cc2)CC1. The number of hydrogen-bond donors (Lipinski definition) is 2. The molecule has 1 atom stereocenters. The van der Waals surface area contributed by atoms with Gasteiger partial charge < -0.3 is 20.4 Å². The van der Waals surface area contributed by atoms with E-state index in [4.69, 9.17) is 23.2 Å². The predicted octanol–water partition coefficient (Wildman–Crippen LogP) is 3.59. The van der Waals surface area contributed by atoms with Gasteiger partial charge in [-0.3, -0.25) is 19.4 Å². The van der Waals surface area contributed by atoms with Crippen LogP contribution in [0.4, 0.5) is 5.69 Å². The molecule has 0 bridgehead atoms. The van der Waals surface area contributed by atoms with E-state index in [0.29, 0.717) is 41.9 Å². The second-order valence-corrected chi connectivity index (χ2v) is 9.91. The summed E-state index contributed by atoms with van der Waals surface area (Å²) in [5.41, 5.74) is 2.49. The summed E-state index contributed by atoms with van der Waals surface area (Å²) in [6, 6.07) is 19.1. The van der Waals surface area contributed by atoms with Gasteiger partial charge in [-0.25, -0.2) is 0 Å². The molecule has 2 N–H and O–H groups in total. The van der Waals surface area contributed by atoms with Gasteiger partial charge in [-0.15, -0.1) is 0 Å². The summed E-state index contributed by atoms with van der Waals surface area (Å²) in [5.74, 6) is -1.07. The Bertz CT molecular complexity index is 1290. The van der Waals surface area contributed by atoms with Crippen molar-refractivity contribution in [3.63, 3.8) is 0 Å². The number of benzene rings is 2. The largest absolute Gasteiger partial charge is 0.368 e. The lowest BCUT2D eigenvalue weighted by atomic mass is 10.1. The smallest absolute Gasteiger partial charge is 0.244 e. The molecule has 2 heterocycles. The number of anilines is 1. The highest BCUT2D eigenvalue weighted by Gasteiger charge is 2.25. The van der Waals surface area contributed by atoms with Crippen molar-refractivity contribution in [1.82, 2.24) is 20.5 Å². The lowest BCUT2D eigenvalue weighted by Gasteiger charge is -2.36. The van der Waals surface area contributed by atoms with Crippen LogP contribution in [0.15, 0.2) is 79.0 Å². The van der Waals surface area contributed by atoms with Gasteiger partial charge in [0.2, 0.25) is 17.7 Å². The van der Waals surface area contributed by atoms with Crippen LogP contribution in [-0.4, -0.2) is 66.4 Å². The zero-order valence-corrected chi connectivity index (χ0v) is 22.7. The highest BCUT2D eigenvalue weighted by molar-refractivity contribution is 6.30. The van der Waals surface area contributed by atoms with E-state index in [9.17, 15) is 14.4 Å². The maximum Gasteiger partial charge on any atom is 0.244 e. The second kappa shape index (κ2) is 13.8. The van der Waals surface area contributed by atoms with E-state index in [1.165, 1.54) is 6.08 Å². The van der Waals surface area contributed by atoms with Crippen molar-refractivity contribution < 1.29 is 14.4 Å². The number of nitrogens with zero attached hydrogens (tertiary/aromatic N) is 3. The van der Waals surface area contributed by atoms with Gasteiger partial charge in [-0.1, -0.05) is 41.4 Å². The molecule has 39 heavy (non-hydrogen) atoms. The Morgan fingerprint density at radius 1 is 0.897 bits per heavy atom. The number of piperazine rings is 1. The minimum atomic E-state index is -0.906. The van der Waals surface area contributed by atoms with Crippen LogP contribution in [0.3, 0.4) is 0 Å². The van der Waals surface area contributed by atoms with E-state index < -0.39 is 17.9 Å². The zero-order valence-electron chi connectivity index (χ0n) is 21.2. The van der Waals surface area contributed by atoms with Gasteiger partial charge in [0.05, 0.1) is 6.54 Å². The van der Waals surface area contributed by atoms with Gasteiger partial charge in [0, 0.05) is 66.3 Å². The molecule has 4 rings (SSSR count). The number of nitrogens with one attached hydrogen (secondary N) is 2. The Hall–Kier alpha value is -3.88. The van der Waals surface area contributed by atoms with E-state index in [0.717, 1.165) is 11.3 Å². The standard InChI is InChI=1S/C29H29Cl2N5O3/c30-22-7-4-21(5-8-22)6-13-27(37)34-26(19-24-3-1-2-14-32-24)29(39)33-20-28(38)36-17-15-35(16-18-36)25-11-9-23(31)10-12-25/h1-14,26H,15-20H2,(H,33,39)(H,34,37)/b13-6+/t26-/m0/s1. The van der Waals surface area contributed by atoms with Gasteiger partial charge in [-0.05, 0) is 60.2 Å². The van der Waals surface area contributed by atoms with E-state index in [2.05, 4.69) is 20.5 Å². The van der Waals surface area contributed by atoms with Crippen LogP contribution in [-0.2, 0) is 20.8 Å². The first-order valence-corrected chi connectivity index (χ1v) is 13.3. The third-order valence-electron chi connectivity index (χ3n) is 6.31. The maximum atomic E-state index is 13.1. The minimum absolute atomic E-state index is 0.158. The predicted molar refractivity (Wildman–Crippen MR) is 154 cm³/mol. The third kappa shape index (κ3) is 8.56. The molecular weight excluding hydrogens is 537 g/mol. The summed E-state index contributed by atoms with van der Waals surface area (Å²) in [6.07, 6.45) is 4.79. The molecule has 3 aromatic rings. The average molecular weight is 566 g/mol. The molecule has 2 aromatic carbocycles. The molecule has 1 aromatic heterocycles. The van der Waals surface area contributed by atoms with Crippen LogP contribution < -0.4 is 15.5 Å². The number of halogens is 2. The highest BCUT2D eigenvalue weighted by Crippen LogP contribution is 2.19. The fourth-order valence-corrected chi connectivity index (χ4v) is 4.42. The molecule has 10 heteroatoms. The van der Waals surface area contributed by atoms with Crippen LogP contribution in [0.2, 0.25) is 10.0 Å². The van der Waals surface area contributed by atoms with Crippen LogP contribution in [0.1, 0.15) is 11.3 Å². The van der Waals surface area contributed by atoms with E-state index in [-0.39, 0.29) is 18.9 Å². The molecule has 0 unspecified atom stereocenters. The number of hydrogen-bond acceptors (Lipinski definition) is 5. The van der Waals surface area contributed by atoms with Gasteiger partial charge in [-0.2, -0.15) is 0 Å². The Balaban J connectivity index is 1.31. The minimum Gasteiger partial charge on any atom is -0.368 e. The topological polar surface area (TPSA) is 94.6 Å². The average Bonchev–Trinajstić information content (AvgIpc) is 2.96. The molecule has 1 aliphatic heterocycles. The Morgan fingerprint density at radius 3 is 2.21 bits per heavy atom. The first-order valence-electron chi connectivity index (χ1n) is 12.6. The van der Waals surface area contributed by atoms with Crippen LogP contribution in [0.5, 0.6) is 0 Å². The summed E-state index contributed by atoms with van der Waals surface area (Å²) in [4.78, 5) is 46.7. The molecule has 8 nitrogen and oxygen atoms in total. The van der Waals surface area contributed by atoms with Gasteiger partial charge in [0.1, 0.15) is 6.04 Å². The Kier molecular flexibility index (Phi) is 9.94. The molecular formula is C29H29Cl2N5O3. The summed E-state index contributed by atoms with van der Waals surface area (Å²) in [6.45, 7) is 2.29. The van der Waals surface area contributed by atoms with Crippen molar-refractivity contribution in [2.24, 2.45) is 0 Å². The number of aromatic nitrogens is 1. The van der Waals surface area contributed by atoms with Crippen LogP contribution in [0, 0.1) is 0 Å². The number of pyridine rings is 1. The fourth-order valence-electron chi connectivity index (χ4n) is 4.17. The van der Waals surface area contributed by atoms with Gasteiger partial charge in [0.15, 0.2) is 0 Å². The lowest BCUT2D eigenvalue weighted by Crippen LogP contribution is -2.53. The number of carbonyl (C=O) groups excluding carboxylic acids is 3. The first-order chi connectivity index (χ1) is 18.9. The van der Waals surface area contributed by atoms with Crippen molar-refractivity contribution in [3.8, 4) is 0 Å². The molecule has 0 aliphatic carbocycles. The molecule has 202 valence electrons. The lowest BCUT2D eigenvalue weighted by molar-refractivity contribution is -0.134. The molecule has 1 aliphatic rings. The fraction of sp³-hybridized carbons (Fsp3) is 0.241. The third-order valence-corrected chi connectivity index (χ3v) is 6.81. The normalized spacial score (nSPS) is 14.2. The quantitative estimate of drug-likeness (QED) is 0.386. The van der Waals surface area contributed by atoms with Crippen molar-refractivity contribution in [3.05, 3.63) is 100 Å². The summed E-state index contributed by atoms with van der Waals surface area (Å²) < 4.78 is 0. The molecule has 0 saturated carbocycles. The first kappa shape index (κ1) is 28.1. The molecule has 1 saturated heterocycles. The molecule has 1 fully saturated rings. The number of amides is 3. The Morgan fingerprint density at radius 2 is 1.56 bits per heavy atom.